The summed E-state index contributed by atoms with van der Waals surface area (Å²) in [6, 6.07) is 0. The molecule has 0 radical (unpaired) electrons. The molecular formula is C12H11F5O. The van der Waals surface area contributed by atoms with E-state index >= 15 is 0 Å². The van der Waals surface area contributed by atoms with Gasteiger partial charge in [-0.2, -0.15) is 8.78 Å². The molecule has 1 rings (SSSR count). The molecule has 0 spiro atoms. The van der Waals surface area contributed by atoms with E-state index in [0.717, 1.165) is 0 Å². The van der Waals surface area contributed by atoms with Gasteiger partial charge in [0.05, 0.1) is 6.61 Å². The topological polar surface area (TPSA) is 9.23 Å². The van der Waals surface area contributed by atoms with E-state index in [1.54, 1.807) is 13.8 Å². The minimum absolute atomic E-state index is 0.228. The minimum atomic E-state index is -2.20. The van der Waals surface area contributed by atoms with Gasteiger partial charge in [-0.3, -0.25) is 0 Å². The van der Waals surface area contributed by atoms with E-state index in [4.69, 9.17) is 0 Å². The smallest absolute Gasteiger partial charge is 0.206 e. The first-order chi connectivity index (χ1) is 8.27. The molecule has 0 saturated heterocycles. The Bertz CT molecular complexity index is 455. The Morgan fingerprint density at radius 1 is 1.00 bits per heavy atom. The molecule has 1 atom stereocenters. The minimum Gasteiger partial charge on any atom is -0.487 e. The lowest BCUT2D eigenvalue weighted by Gasteiger charge is -2.14. The molecule has 0 bridgehead atoms. The summed E-state index contributed by atoms with van der Waals surface area (Å²) in [5.74, 6) is -11.7. The first-order valence-electron chi connectivity index (χ1n) is 5.07. The Hall–Kier alpha value is -1.59. The van der Waals surface area contributed by atoms with Crippen molar-refractivity contribution in [3.8, 4) is 5.75 Å². The second-order valence-corrected chi connectivity index (χ2v) is 3.96. The zero-order valence-corrected chi connectivity index (χ0v) is 9.79. The number of benzene rings is 1. The van der Waals surface area contributed by atoms with Crippen molar-refractivity contribution in [1.82, 2.24) is 0 Å². The highest BCUT2D eigenvalue weighted by molar-refractivity contribution is 5.29. The molecule has 100 valence electrons. The van der Waals surface area contributed by atoms with Gasteiger partial charge in [-0.1, -0.05) is 19.1 Å². The van der Waals surface area contributed by atoms with Crippen LogP contribution in [0.4, 0.5) is 22.0 Å². The summed E-state index contributed by atoms with van der Waals surface area (Å²) in [6.07, 6.45) is 0. The lowest BCUT2D eigenvalue weighted by molar-refractivity contribution is 0.238. The first kappa shape index (κ1) is 14.5. The average Bonchev–Trinajstić information content (AvgIpc) is 2.33. The lowest BCUT2D eigenvalue weighted by atomic mass is 10.1. The molecule has 0 amide bonds. The third-order valence-electron chi connectivity index (χ3n) is 2.49. The summed E-state index contributed by atoms with van der Waals surface area (Å²) in [5.41, 5.74) is 0.666. The van der Waals surface area contributed by atoms with Crippen molar-refractivity contribution in [3.05, 3.63) is 41.2 Å². The fourth-order valence-electron chi connectivity index (χ4n) is 1.06. The molecule has 1 unspecified atom stereocenters. The Balaban J connectivity index is 3.07. The van der Waals surface area contributed by atoms with Gasteiger partial charge in [-0.05, 0) is 6.92 Å². The first-order valence-corrected chi connectivity index (χ1v) is 5.07. The van der Waals surface area contributed by atoms with Crippen molar-refractivity contribution < 1.29 is 26.7 Å². The van der Waals surface area contributed by atoms with Gasteiger partial charge >= 0.3 is 0 Å². The molecule has 0 saturated carbocycles. The van der Waals surface area contributed by atoms with Crippen molar-refractivity contribution in [2.75, 3.05) is 6.61 Å². The van der Waals surface area contributed by atoms with E-state index < -0.39 is 34.8 Å². The van der Waals surface area contributed by atoms with Crippen LogP contribution in [0.25, 0.3) is 0 Å². The summed E-state index contributed by atoms with van der Waals surface area (Å²) in [7, 11) is 0. The van der Waals surface area contributed by atoms with Gasteiger partial charge in [0.15, 0.2) is 5.75 Å². The fraction of sp³-hybridized carbons (Fsp3) is 0.333. The predicted molar refractivity (Wildman–Crippen MR) is 55.7 cm³/mol. The maximum absolute atomic E-state index is 13.2. The molecule has 6 heteroatoms. The molecule has 18 heavy (non-hydrogen) atoms. The van der Waals surface area contributed by atoms with Crippen LogP contribution in [0.15, 0.2) is 12.2 Å². The number of rotatable bonds is 4. The van der Waals surface area contributed by atoms with Crippen LogP contribution in [0, 0.1) is 35.0 Å². The van der Waals surface area contributed by atoms with Crippen LogP contribution in [0.2, 0.25) is 0 Å². The Morgan fingerprint density at radius 3 is 1.78 bits per heavy atom. The molecule has 0 aliphatic rings. The summed E-state index contributed by atoms with van der Waals surface area (Å²) in [6.45, 7) is 6.66. The van der Waals surface area contributed by atoms with Gasteiger partial charge < -0.3 is 4.74 Å². The normalized spacial score (nSPS) is 12.4. The largest absolute Gasteiger partial charge is 0.487 e. The molecule has 0 aliphatic heterocycles. The molecule has 0 fully saturated rings. The summed E-state index contributed by atoms with van der Waals surface area (Å²) < 4.78 is 69.4. The van der Waals surface area contributed by atoms with Gasteiger partial charge in [0.1, 0.15) is 0 Å². The van der Waals surface area contributed by atoms with E-state index in [-0.39, 0.29) is 12.5 Å². The molecule has 1 nitrogen and oxygen atoms in total. The molecular weight excluding hydrogens is 255 g/mol. The standard InChI is InChI=1S/C12H11F5O/c1-5(2)6(3)4-18-12-10(16)8(14)7(13)9(15)11(12)17/h6H,1,4H2,2-3H3. The predicted octanol–water partition coefficient (Wildman–Crippen LogP) is 3.97. The van der Waals surface area contributed by atoms with Crippen LogP contribution >= 0.6 is 0 Å². The summed E-state index contributed by atoms with van der Waals surface area (Å²) in [4.78, 5) is 0. The van der Waals surface area contributed by atoms with Crippen LogP contribution < -0.4 is 4.74 Å². The molecule has 1 aromatic rings. The number of halogens is 5. The van der Waals surface area contributed by atoms with Crippen molar-refractivity contribution in [2.45, 2.75) is 13.8 Å². The SMILES string of the molecule is C=C(C)C(C)COc1c(F)c(F)c(F)c(F)c1F. The lowest BCUT2D eigenvalue weighted by Crippen LogP contribution is -2.13. The quantitative estimate of drug-likeness (QED) is 0.347. The Kier molecular flexibility index (Phi) is 4.32. The zero-order chi connectivity index (χ0) is 14.0. The summed E-state index contributed by atoms with van der Waals surface area (Å²) in [5, 5.41) is 0. The number of hydrogen-bond donors (Lipinski definition) is 0. The van der Waals surface area contributed by atoms with Crippen LogP contribution in [-0.2, 0) is 0 Å². The molecule has 1 aromatic carbocycles. The third kappa shape index (κ3) is 2.63. The molecule has 0 aliphatic carbocycles. The van der Waals surface area contributed by atoms with Crippen molar-refractivity contribution >= 4 is 0 Å². The number of ether oxygens (including phenoxy) is 1. The van der Waals surface area contributed by atoms with Crippen molar-refractivity contribution in [1.29, 1.82) is 0 Å². The monoisotopic (exact) mass is 266 g/mol. The Morgan fingerprint density at radius 2 is 1.39 bits per heavy atom. The van der Waals surface area contributed by atoms with Crippen molar-refractivity contribution in [3.63, 3.8) is 0 Å². The van der Waals surface area contributed by atoms with E-state index in [9.17, 15) is 22.0 Å². The molecule has 0 aromatic heterocycles. The van der Waals surface area contributed by atoms with Gasteiger partial charge in [0.2, 0.25) is 29.1 Å². The molecule has 0 N–H and O–H groups in total. The Labute approximate surface area is 101 Å². The second kappa shape index (κ2) is 5.37. The van der Waals surface area contributed by atoms with E-state index in [1.165, 1.54) is 0 Å². The zero-order valence-electron chi connectivity index (χ0n) is 9.79. The van der Waals surface area contributed by atoms with Crippen LogP contribution in [0.1, 0.15) is 13.8 Å². The van der Waals surface area contributed by atoms with Gasteiger partial charge in [-0.15, -0.1) is 0 Å². The van der Waals surface area contributed by atoms with E-state index in [0.29, 0.717) is 5.57 Å². The highest BCUT2D eigenvalue weighted by atomic mass is 19.2. The maximum Gasteiger partial charge on any atom is 0.206 e. The highest BCUT2D eigenvalue weighted by Gasteiger charge is 2.27. The fourth-order valence-corrected chi connectivity index (χ4v) is 1.06. The van der Waals surface area contributed by atoms with Gasteiger partial charge in [-0.25, -0.2) is 13.2 Å². The van der Waals surface area contributed by atoms with E-state index in [1.807, 2.05) is 0 Å². The molecule has 0 heterocycles. The van der Waals surface area contributed by atoms with Crippen LogP contribution in [0.5, 0.6) is 5.75 Å². The van der Waals surface area contributed by atoms with Crippen LogP contribution in [-0.4, -0.2) is 6.61 Å². The third-order valence-corrected chi connectivity index (χ3v) is 2.49. The van der Waals surface area contributed by atoms with E-state index in [2.05, 4.69) is 11.3 Å². The average molecular weight is 266 g/mol. The highest BCUT2D eigenvalue weighted by Crippen LogP contribution is 2.29. The maximum atomic E-state index is 13.2. The van der Waals surface area contributed by atoms with Crippen LogP contribution in [0.3, 0.4) is 0 Å². The van der Waals surface area contributed by atoms with Gasteiger partial charge in [0.25, 0.3) is 0 Å². The second-order valence-electron chi connectivity index (χ2n) is 3.96. The number of hydrogen-bond acceptors (Lipinski definition) is 1. The van der Waals surface area contributed by atoms with Gasteiger partial charge in [0, 0.05) is 5.92 Å². The van der Waals surface area contributed by atoms with Crippen molar-refractivity contribution in [2.24, 2.45) is 5.92 Å². The summed E-state index contributed by atoms with van der Waals surface area (Å²) >= 11 is 0.